The van der Waals surface area contributed by atoms with E-state index >= 15 is 0 Å². The highest BCUT2D eigenvalue weighted by molar-refractivity contribution is 5.97. The summed E-state index contributed by atoms with van der Waals surface area (Å²) in [4.78, 5) is 13.7. The molecule has 3 nitrogen and oxygen atoms in total. The quantitative estimate of drug-likeness (QED) is 0.751. The molecule has 2 aliphatic heterocycles. The molecule has 18 heavy (non-hydrogen) atoms. The van der Waals surface area contributed by atoms with Gasteiger partial charge in [0.2, 0.25) is 5.91 Å². The van der Waals surface area contributed by atoms with E-state index in [1.54, 1.807) is 0 Å². The summed E-state index contributed by atoms with van der Waals surface area (Å²) in [5.74, 6) is 0.247. The summed E-state index contributed by atoms with van der Waals surface area (Å²) in [6.07, 6.45) is 3.75. The van der Waals surface area contributed by atoms with Crippen molar-refractivity contribution in [3.8, 4) is 0 Å². The maximum Gasteiger partial charge on any atom is 0.227 e. The van der Waals surface area contributed by atoms with Crippen molar-refractivity contribution in [3.05, 3.63) is 28.3 Å². The van der Waals surface area contributed by atoms with E-state index < -0.39 is 0 Å². The molecule has 0 aliphatic carbocycles. The zero-order valence-corrected chi connectivity index (χ0v) is 11.2. The number of nitrogens with one attached hydrogen (secondary N) is 1. The monoisotopic (exact) mass is 244 g/mol. The van der Waals surface area contributed by atoms with Gasteiger partial charge in [-0.25, -0.2) is 0 Å². The van der Waals surface area contributed by atoms with Crippen LogP contribution in [-0.4, -0.2) is 26.0 Å². The molecular weight excluding hydrogens is 224 g/mol. The van der Waals surface area contributed by atoms with Crippen LogP contribution in [0, 0.1) is 6.92 Å². The smallest absolute Gasteiger partial charge is 0.227 e. The lowest BCUT2D eigenvalue weighted by atomic mass is 9.89. The lowest BCUT2D eigenvalue weighted by molar-refractivity contribution is -0.118. The number of carbonyl (C=O) groups excluding carboxylic acids is 1. The van der Waals surface area contributed by atoms with Gasteiger partial charge in [0.1, 0.15) is 0 Å². The highest BCUT2D eigenvalue weighted by atomic mass is 16.2. The van der Waals surface area contributed by atoms with Crippen LogP contribution in [0.3, 0.4) is 0 Å². The molecule has 0 spiro atoms. The molecule has 1 N–H and O–H groups in total. The zero-order chi connectivity index (χ0) is 12.7. The fraction of sp³-hybridized carbons (Fsp3) is 0.533. The first-order chi connectivity index (χ1) is 8.68. The molecule has 0 saturated heterocycles. The van der Waals surface area contributed by atoms with Crippen LogP contribution in [0.2, 0.25) is 0 Å². The summed E-state index contributed by atoms with van der Waals surface area (Å²) >= 11 is 0. The van der Waals surface area contributed by atoms with Crippen LogP contribution in [0.4, 0.5) is 5.69 Å². The average Bonchev–Trinajstić information content (AvgIpc) is 2.59. The summed E-state index contributed by atoms with van der Waals surface area (Å²) in [7, 11) is 1.91. The van der Waals surface area contributed by atoms with E-state index in [1.165, 1.54) is 27.9 Å². The number of benzene rings is 1. The highest BCUT2D eigenvalue weighted by Gasteiger charge is 2.25. The Hall–Kier alpha value is -1.35. The van der Waals surface area contributed by atoms with Gasteiger partial charge < -0.3 is 10.2 Å². The number of anilines is 1. The van der Waals surface area contributed by atoms with Gasteiger partial charge in [-0.05, 0) is 61.5 Å². The second kappa shape index (κ2) is 4.39. The minimum absolute atomic E-state index is 0.247. The molecule has 3 heteroatoms. The van der Waals surface area contributed by atoms with E-state index in [-0.39, 0.29) is 5.91 Å². The fourth-order valence-corrected chi connectivity index (χ4v) is 3.31. The van der Waals surface area contributed by atoms with E-state index in [4.69, 9.17) is 0 Å². The van der Waals surface area contributed by atoms with Crippen molar-refractivity contribution in [3.63, 3.8) is 0 Å². The second-order valence-electron chi connectivity index (χ2n) is 5.35. The van der Waals surface area contributed by atoms with Gasteiger partial charge in [-0.15, -0.1) is 0 Å². The zero-order valence-electron chi connectivity index (χ0n) is 11.2. The third-order valence-corrected chi connectivity index (χ3v) is 4.29. The van der Waals surface area contributed by atoms with Gasteiger partial charge in [0, 0.05) is 19.2 Å². The summed E-state index contributed by atoms with van der Waals surface area (Å²) < 4.78 is 0. The molecular formula is C15H20N2O. The molecule has 1 aromatic rings. The SMILES string of the molecule is Cc1c2c(cc3c1N(C)C(=O)CC3)CCNCC2. The maximum atomic E-state index is 11.9. The van der Waals surface area contributed by atoms with Crippen molar-refractivity contribution >= 4 is 11.6 Å². The van der Waals surface area contributed by atoms with Gasteiger partial charge >= 0.3 is 0 Å². The Kier molecular flexibility index (Phi) is 2.86. The van der Waals surface area contributed by atoms with Gasteiger partial charge in [-0.1, -0.05) is 6.07 Å². The van der Waals surface area contributed by atoms with Crippen LogP contribution in [0.1, 0.15) is 28.7 Å². The minimum Gasteiger partial charge on any atom is -0.316 e. The molecule has 0 unspecified atom stereocenters. The second-order valence-corrected chi connectivity index (χ2v) is 5.35. The first kappa shape index (κ1) is 11.7. The minimum atomic E-state index is 0.247. The molecule has 2 heterocycles. The van der Waals surface area contributed by atoms with Crippen LogP contribution in [0.5, 0.6) is 0 Å². The van der Waals surface area contributed by atoms with Crippen LogP contribution in [0.25, 0.3) is 0 Å². The number of aryl methyl sites for hydroxylation is 1. The molecule has 96 valence electrons. The van der Waals surface area contributed by atoms with Crippen molar-refractivity contribution in [2.45, 2.75) is 32.6 Å². The van der Waals surface area contributed by atoms with E-state index in [0.29, 0.717) is 6.42 Å². The van der Waals surface area contributed by atoms with Crippen LogP contribution in [-0.2, 0) is 24.1 Å². The number of carbonyl (C=O) groups is 1. The van der Waals surface area contributed by atoms with Crippen molar-refractivity contribution in [2.24, 2.45) is 0 Å². The van der Waals surface area contributed by atoms with Crippen molar-refractivity contribution in [1.29, 1.82) is 0 Å². The molecule has 1 aromatic carbocycles. The molecule has 0 fully saturated rings. The number of nitrogens with zero attached hydrogens (tertiary/aromatic N) is 1. The first-order valence-electron chi connectivity index (χ1n) is 6.80. The van der Waals surface area contributed by atoms with E-state index in [1.807, 2.05) is 11.9 Å². The number of rotatable bonds is 0. The summed E-state index contributed by atoms with van der Waals surface area (Å²) in [5, 5.41) is 3.45. The summed E-state index contributed by atoms with van der Waals surface area (Å²) in [6.45, 7) is 4.29. The Bertz CT molecular complexity index is 508. The van der Waals surface area contributed by atoms with Crippen molar-refractivity contribution < 1.29 is 4.79 Å². The standard InChI is InChI=1S/C15H20N2O/c1-10-13-6-8-16-7-5-11(13)9-12-3-4-14(18)17(2)15(10)12/h9,16H,3-8H2,1-2H3. The number of fused-ring (bicyclic) bond motifs is 2. The topological polar surface area (TPSA) is 32.3 Å². The van der Waals surface area contributed by atoms with Crippen LogP contribution < -0.4 is 10.2 Å². The molecule has 1 amide bonds. The molecule has 0 saturated carbocycles. The number of hydrogen-bond donors (Lipinski definition) is 1. The van der Waals surface area contributed by atoms with Gasteiger partial charge in [0.15, 0.2) is 0 Å². The van der Waals surface area contributed by atoms with Crippen LogP contribution >= 0.6 is 0 Å². The Morgan fingerprint density at radius 1 is 1.11 bits per heavy atom. The number of amides is 1. The van der Waals surface area contributed by atoms with Crippen molar-refractivity contribution in [1.82, 2.24) is 5.32 Å². The van der Waals surface area contributed by atoms with Gasteiger partial charge in [0.25, 0.3) is 0 Å². The van der Waals surface area contributed by atoms with Gasteiger partial charge in [-0.3, -0.25) is 4.79 Å². The molecule has 3 rings (SSSR count). The first-order valence-corrected chi connectivity index (χ1v) is 6.80. The van der Waals surface area contributed by atoms with Crippen LogP contribution in [0.15, 0.2) is 6.07 Å². The van der Waals surface area contributed by atoms with E-state index in [9.17, 15) is 4.79 Å². The Morgan fingerprint density at radius 3 is 2.72 bits per heavy atom. The Labute approximate surface area is 108 Å². The lowest BCUT2D eigenvalue weighted by Gasteiger charge is -2.30. The third-order valence-electron chi connectivity index (χ3n) is 4.29. The summed E-state index contributed by atoms with van der Waals surface area (Å²) in [6, 6.07) is 2.34. The average molecular weight is 244 g/mol. The highest BCUT2D eigenvalue weighted by Crippen LogP contribution is 2.35. The normalized spacial score (nSPS) is 19.2. The predicted octanol–water partition coefficient (Wildman–Crippen LogP) is 1.59. The molecule has 0 radical (unpaired) electrons. The van der Waals surface area contributed by atoms with Gasteiger partial charge in [-0.2, -0.15) is 0 Å². The Balaban J connectivity index is 2.16. The lowest BCUT2D eigenvalue weighted by Crippen LogP contribution is -2.32. The van der Waals surface area contributed by atoms with Gasteiger partial charge in [0.05, 0.1) is 0 Å². The molecule has 0 atom stereocenters. The third kappa shape index (κ3) is 1.74. The predicted molar refractivity (Wildman–Crippen MR) is 73.2 cm³/mol. The van der Waals surface area contributed by atoms with Crippen molar-refractivity contribution in [2.75, 3.05) is 25.0 Å². The molecule has 0 bridgehead atoms. The Morgan fingerprint density at radius 2 is 1.89 bits per heavy atom. The van der Waals surface area contributed by atoms with E-state index in [2.05, 4.69) is 18.3 Å². The summed E-state index contributed by atoms with van der Waals surface area (Å²) in [5.41, 5.74) is 6.79. The van der Waals surface area contributed by atoms with E-state index in [0.717, 1.165) is 32.4 Å². The fourth-order valence-electron chi connectivity index (χ4n) is 3.31. The maximum absolute atomic E-state index is 11.9. The largest absolute Gasteiger partial charge is 0.316 e. The molecule has 0 aromatic heterocycles. The number of hydrogen-bond acceptors (Lipinski definition) is 2. The molecule has 2 aliphatic rings.